The second kappa shape index (κ2) is 8.71. The molecule has 2 heterocycles. The van der Waals surface area contributed by atoms with E-state index in [2.05, 4.69) is 48.4 Å². The van der Waals surface area contributed by atoms with Crippen LogP contribution >= 0.6 is 11.3 Å². The molecule has 0 aliphatic carbocycles. The number of rotatable bonds is 5. The van der Waals surface area contributed by atoms with Gasteiger partial charge in [-0.3, -0.25) is 4.79 Å². The average Bonchev–Trinajstić information content (AvgIpc) is 3.27. The predicted molar refractivity (Wildman–Crippen MR) is 131 cm³/mol. The van der Waals surface area contributed by atoms with E-state index in [1.807, 2.05) is 50.6 Å². The van der Waals surface area contributed by atoms with Crippen LogP contribution in [-0.2, 0) is 6.42 Å². The quantitative estimate of drug-likeness (QED) is 0.409. The normalized spacial score (nSPS) is 11.1. The average molecular weight is 445 g/mol. The van der Waals surface area contributed by atoms with Gasteiger partial charge in [-0.1, -0.05) is 59.4 Å². The van der Waals surface area contributed by atoms with Crippen molar-refractivity contribution >= 4 is 22.9 Å². The summed E-state index contributed by atoms with van der Waals surface area (Å²) in [4.78, 5) is 18.3. The number of nitrogens with one attached hydrogen (secondary N) is 1. The number of hydrogen-bond acceptors (Lipinski definition) is 4. The predicted octanol–water partition coefficient (Wildman–Crippen LogP) is 6.02. The van der Waals surface area contributed by atoms with Crippen LogP contribution < -0.4 is 5.32 Å². The molecule has 2 aromatic heterocycles. The minimum Gasteiger partial charge on any atom is -0.321 e. The largest absolute Gasteiger partial charge is 0.321 e. The summed E-state index contributed by atoms with van der Waals surface area (Å²) in [6, 6.07) is 14.6. The Bertz CT molecular complexity index is 1280. The van der Waals surface area contributed by atoms with Crippen molar-refractivity contribution < 1.29 is 4.79 Å². The maximum atomic E-state index is 13.0. The molecule has 0 saturated carbocycles. The van der Waals surface area contributed by atoms with Crippen molar-refractivity contribution in [3.05, 3.63) is 92.2 Å². The standard InChI is InChI=1S/C26H28N4OS/c1-15-10-12-21(13-11-15)14-22-18(4)29-30(20(22)6)26-27-19(5)24(32-26)25(31)28-23-16(2)8-7-9-17(23)3/h7-13H,14H2,1-6H3,(H,28,31). The summed E-state index contributed by atoms with van der Waals surface area (Å²) >= 11 is 1.37. The Morgan fingerprint density at radius 2 is 1.59 bits per heavy atom. The second-order valence-electron chi connectivity index (χ2n) is 8.36. The monoisotopic (exact) mass is 444 g/mol. The van der Waals surface area contributed by atoms with Crippen molar-refractivity contribution in [3.8, 4) is 5.13 Å². The molecule has 0 unspecified atom stereocenters. The Hall–Kier alpha value is -3.25. The molecule has 0 bridgehead atoms. The number of aryl methyl sites for hydroxylation is 5. The number of amides is 1. The minimum absolute atomic E-state index is 0.134. The Labute approximate surface area is 193 Å². The third-order valence-electron chi connectivity index (χ3n) is 5.84. The van der Waals surface area contributed by atoms with E-state index in [0.717, 1.165) is 34.6 Å². The van der Waals surface area contributed by atoms with Gasteiger partial charge in [0.2, 0.25) is 5.13 Å². The van der Waals surface area contributed by atoms with Crippen molar-refractivity contribution in [2.75, 3.05) is 5.32 Å². The van der Waals surface area contributed by atoms with Crippen LogP contribution in [0.15, 0.2) is 42.5 Å². The highest BCUT2D eigenvalue weighted by molar-refractivity contribution is 7.16. The number of hydrogen-bond donors (Lipinski definition) is 1. The van der Waals surface area contributed by atoms with Gasteiger partial charge >= 0.3 is 0 Å². The Morgan fingerprint density at radius 3 is 2.25 bits per heavy atom. The number of aromatic nitrogens is 3. The molecule has 0 saturated heterocycles. The third kappa shape index (κ3) is 4.23. The number of carbonyl (C=O) groups excluding carboxylic acids is 1. The zero-order chi connectivity index (χ0) is 23.0. The van der Waals surface area contributed by atoms with Crippen LogP contribution in [0.25, 0.3) is 5.13 Å². The molecule has 0 spiro atoms. The van der Waals surface area contributed by atoms with E-state index >= 15 is 0 Å². The molecule has 0 aliphatic heterocycles. The van der Waals surface area contributed by atoms with Gasteiger partial charge in [-0.25, -0.2) is 9.67 Å². The van der Waals surface area contributed by atoms with Crippen LogP contribution in [0.3, 0.4) is 0 Å². The maximum Gasteiger partial charge on any atom is 0.267 e. The molecule has 164 valence electrons. The fourth-order valence-electron chi connectivity index (χ4n) is 3.89. The molecule has 0 fully saturated rings. The van der Waals surface area contributed by atoms with Gasteiger partial charge in [-0.2, -0.15) is 5.10 Å². The molecule has 4 aromatic rings. The Kier molecular flexibility index (Phi) is 5.98. The highest BCUT2D eigenvalue weighted by Gasteiger charge is 2.21. The summed E-state index contributed by atoms with van der Waals surface area (Å²) in [5.41, 5.74) is 9.40. The van der Waals surface area contributed by atoms with Crippen LogP contribution in [0.2, 0.25) is 0 Å². The summed E-state index contributed by atoms with van der Waals surface area (Å²) in [5, 5.41) is 8.54. The first kappa shape index (κ1) is 22.0. The molecule has 5 nitrogen and oxygen atoms in total. The highest BCUT2D eigenvalue weighted by Crippen LogP contribution is 2.28. The number of carbonyl (C=O) groups is 1. The zero-order valence-electron chi connectivity index (χ0n) is 19.4. The Morgan fingerprint density at radius 1 is 0.938 bits per heavy atom. The van der Waals surface area contributed by atoms with E-state index in [0.29, 0.717) is 15.7 Å². The fraction of sp³-hybridized carbons (Fsp3) is 0.269. The van der Waals surface area contributed by atoms with Gasteiger partial charge < -0.3 is 5.32 Å². The lowest BCUT2D eigenvalue weighted by atomic mass is 10.0. The van der Waals surface area contributed by atoms with Gasteiger partial charge in [-0.05, 0) is 58.2 Å². The van der Waals surface area contributed by atoms with Crippen molar-refractivity contribution in [1.29, 1.82) is 0 Å². The minimum atomic E-state index is -0.134. The third-order valence-corrected chi connectivity index (χ3v) is 6.97. The van der Waals surface area contributed by atoms with Gasteiger partial charge in [0.25, 0.3) is 5.91 Å². The van der Waals surface area contributed by atoms with Crippen molar-refractivity contribution in [2.45, 2.75) is 48.0 Å². The molecule has 1 amide bonds. The summed E-state index contributed by atoms with van der Waals surface area (Å²) in [6.07, 6.45) is 0.822. The molecule has 6 heteroatoms. The van der Waals surface area contributed by atoms with Crippen LogP contribution in [0.5, 0.6) is 0 Å². The van der Waals surface area contributed by atoms with Crippen molar-refractivity contribution in [1.82, 2.24) is 14.8 Å². The first-order valence-corrected chi connectivity index (χ1v) is 11.5. The van der Waals surface area contributed by atoms with E-state index in [4.69, 9.17) is 5.10 Å². The lowest BCUT2D eigenvalue weighted by molar-refractivity contribution is 0.102. The number of nitrogens with zero attached hydrogens (tertiary/aromatic N) is 3. The molecule has 2 aromatic carbocycles. The SMILES string of the molecule is Cc1ccc(Cc2c(C)nn(-c3nc(C)c(C(=O)Nc4c(C)cccc4C)s3)c2C)cc1. The molecular weight excluding hydrogens is 416 g/mol. The summed E-state index contributed by atoms with van der Waals surface area (Å²) < 4.78 is 1.87. The number of para-hydroxylation sites is 1. The molecule has 0 atom stereocenters. The van der Waals surface area contributed by atoms with Gasteiger partial charge in [0.05, 0.1) is 11.4 Å². The van der Waals surface area contributed by atoms with Gasteiger partial charge in [0, 0.05) is 23.4 Å². The van der Waals surface area contributed by atoms with E-state index in [1.165, 1.54) is 28.0 Å². The van der Waals surface area contributed by atoms with Gasteiger partial charge in [0.1, 0.15) is 4.88 Å². The number of anilines is 1. The molecule has 1 N–H and O–H groups in total. The molecular formula is C26H28N4OS. The first-order chi connectivity index (χ1) is 15.2. The summed E-state index contributed by atoms with van der Waals surface area (Å²) in [6.45, 7) is 12.1. The second-order valence-corrected chi connectivity index (χ2v) is 9.33. The van der Waals surface area contributed by atoms with Crippen molar-refractivity contribution in [3.63, 3.8) is 0 Å². The smallest absolute Gasteiger partial charge is 0.267 e. The topological polar surface area (TPSA) is 59.8 Å². The summed E-state index contributed by atoms with van der Waals surface area (Å²) in [5.74, 6) is -0.134. The van der Waals surface area contributed by atoms with Crippen LogP contribution in [-0.4, -0.2) is 20.7 Å². The first-order valence-electron chi connectivity index (χ1n) is 10.7. The number of benzene rings is 2. The van der Waals surface area contributed by atoms with E-state index in [9.17, 15) is 4.79 Å². The van der Waals surface area contributed by atoms with Crippen LogP contribution in [0.4, 0.5) is 5.69 Å². The van der Waals surface area contributed by atoms with Crippen LogP contribution in [0.1, 0.15) is 54.6 Å². The maximum absolute atomic E-state index is 13.0. The van der Waals surface area contributed by atoms with Gasteiger partial charge in [0.15, 0.2) is 0 Å². The van der Waals surface area contributed by atoms with E-state index in [-0.39, 0.29) is 5.91 Å². The molecule has 32 heavy (non-hydrogen) atoms. The van der Waals surface area contributed by atoms with Gasteiger partial charge in [-0.15, -0.1) is 0 Å². The highest BCUT2D eigenvalue weighted by atomic mass is 32.1. The molecule has 0 radical (unpaired) electrons. The lowest BCUT2D eigenvalue weighted by Gasteiger charge is -2.10. The molecule has 0 aliphatic rings. The Balaban J connectivity index is 1.62. The fourth-order valence-corrected chi connectivity index (χ4v) is 4.86. The number of thiazole rings is 1. The van der Waals surface area contributed by atoms with Crippen molar-refractivity contribution in [2.24, 2.45) is 0 Å². The summed E-state index contributed by atoms with van der Waals surface area (Å²) in [7, 11) is 0. The molecule has 4 rings (SSSR count). The van der Waals surface area contributed by atoms with Crippen LogP contribution in [0, 0.1) is 41.5 Å². The van der Waals surface area contributed by atoms with E-state index in [1.54, 1.807) is 0 Å². The zero-order valence-corrected chi connectivity index (χ0v) is 20.2. The lowest BCUT2D eigenvalue weighted by Crippen LogP contribution is -2.13. The van der Waals surface area contributed by atoms with E-state index < -0.39 is 0 Å².